The van der Waals surface area contributed by atoms with Crippen molar-refractivity contribution in [2.24, 2.45) is 0 Å². The Morgan fingerprint density at radius 1 is 1.56 bits per heavy atom. The molecule has 0 saturated heterocycles. The molecule has 0 aliphatic carbocycles. The third kappa shape index (κ3) is 2.02. The minimum Gasteiger partial charge on any atom is -0.460 e. The van der Waals surface area contributed by atoms with Crippen molar-refractivity contribution in [2.45, 2.75) is 6.92 Å². The molecular formula is C9H9N5O2. The Bertz CT molecular complexity index is 482. The molecular weight excluding hydrogens is 210 g/mol. The number of nitrogens with zero attached hydrogens (tertiary/aromatic N) is 4. The molecule has 0 aromatic carbocycles. The highest BCUT2D eigenvalue weighted by Crippen LogP contribution is 2.09. The van der Waals surface area contributed by atoms with Crippen LogP contribution in [-0.2, 0) is 4.74 Å². The van der Waals surface area contributed by atoms with Crippen molar-refractivity contribution < 1.29 is 9.53 Å². The van der Waals surface area contributed by atoms with Gasteiger partial charge in [-0.05, 0) is 13.0 Å². The van der Waals surface area contributed by atoms with Crippen LogP contribution in [0.2, 0.25) is 0 Å². The Kier molecular flexibility index (Phi) is 2.86. The van der Waals surface area contributed by atoms with Gasteiger partial charge in [-0.3, -0.25) is 5.10 Å². The zero-order chi connectivity index (χ0) is 11.4. The molecule has 2 aromatic heterocycles. The molecule has 0 bridgehead atoms. The lowest BCUT2D eigenvalue weighted by Crippen LogP contribution is -2.06. The van der Waals surface area contributed by atoms with E-state index in [9.17, 15) is 4.79 Å². The lowest BCUT2D eigenvalue weighted by atomic mass is 10.4. The molecule has 0 saturated carbocycles. The van der Waals surface area contributed by atoms with Gasteiger partial charge in [0.05, 0.1) is 6.61 Å². The number of aromatic amines is 1. The van der Waals surface area contributed by atoms with Gasteiger partial charge in [-0.25, -0.2) is 14.8 Å². The van der Waals surface area contributed by atoms with Crippen molar-refractivity contribution >= 4 is 5.97 Å². The van der Waals surface area contributed by atoms with Crippen LogP contribution in [0.15, 0.2) is 18.6 Å². The second-order valence-corrected chi connectivity index (χ2v) is 2.82. The molecule has 0 atom stereocenters. The third-order valence-electron chi connectivity index (χ3n) is 1.77. The smallest absolute Gasteiger partial charge is 0.375 e. The van der Waals surface area contributed by atoms with Gasteiger partial charge in [0.1, 0.15) is 12.0 Å². The number of aromatic nitrogens is 5. The van der Waals surface area contributed by atoms with E-state index >= 15 is 0 Å². The Balaban J connectivity index is 2.23. The number of carbonyl (C=O) groups excluding carboxylic acids is 1. The van der Waals surface area contributed by atoms with Gasteiger partial charge in [-0.2, -0.15) is 10.1 Å². The molecule has 0 aliphatic heterocycles. The zero-order valence-corrected chi connectivity index (χ0v) is 8.54. The van der Waals surface area contributed by atoms with Crippen LogP contribution in [-0.4, -0.2) is 37.7 Å². The fourth-order valence-electron chi connectivity index (χ4n) is 1.09. The van der Waals surface area contributed by atoms with Gasteiger partial charge in [0, 0.05) is 6.20 Å². The highest BCUT2D eigenvalue weighted by atomic mass is 16.5. The number of H-pyrrole nitrogens is 1. The Morgan fingerprint density at radius 2 is 2.44 bits per heavy atom. The van der Waals surface area contributed by atoms with Crippen LogP contribution in [0.4, 0.5) is 0 Å². The maximum atomic E-state index is 11.3. The molecule has 82 valence electrons. The molecule has 2 heterocycles. The van der Waals surface area contributed by atoms with Crippen molar-refractivity contribution in [1.82, 2.24) is 25.1 Å². The van der Waals surface area contributed by atoms with Gasteiger partial charge >= 0.3 is 5.97 Å². The van der Waals surface area contributed by atoms with Gasteiger partial charge in [-0.15, -0.1) is 0 Å². The topological polar surface area (TPSA) is 93.7 Å². The Labute approximate surface area is 90.9 Å². The first-order valence-corrected chi connectivity index (χ1v) is 4.67. The summed E-state index contributed by atoms with van der Waals surface area (Å²) in [6.45, 7) is 2.02. The monoisotopic (exact) mass is 219 g/mol. The van der Waals surface area contributed by atoms with Crippen LogP contribution in [0.5, 0.6) is 0 Å². The summed E-state index contributed by atoms with van der Waals surface area (Å²) in [5, 5.41) is 6.36. The van der Waals surface area contributed by atoms with Crippen LogP contribution in [0.3, 0.4) is 0 Å². The minimum atomic E-state index is -0.532. The molecule has 0 radical (unpaired) electrons. The molecule has 7 heteroatoms. The van der Waals surface area contributed by atoms with Crippen LogP contribution >= 0.6 is 0 Å². The summed E-state index contributed by atoms with van der Waals surface area (Å²) in [5.41, 5.74) is 0.543. The van der Waals surface area contributed by atoms with E-state index < -0.39 is 5.97 Å². The second-order valence-electron chi connectivity index (χ2n) is 2.82. The first-order valence-electron chi connectivity index (χ1n) is 4.67. The van der Waals surface area contributed by atoms with Gasteiger partial charge in [0.25, 0.3) is 0 Å². The summed E-state index contributed by atoms with van der Waals surface area (Å²) in [7, 11) is 0. The minimum absolute atomic E-state index is 0.0652. The van der Waals surface area contributed by atoms with E-state index in [4.69, 9.17) is 4.74 Å². The summed E-state index contributed by atoms with van der Waals surface area (Å²) in [4.78, 5) is 23.0. The third-order valence-corrected chi connectivity index (χ3v) is 1.77. The van der Waals surface area contributed by atoms with Crippen LogP contribution in [0.1, 0.15) is 17.5 Å². The number of nitrogens with one attached hydrogen (secondary N) is 1. The van der Waals surface area contributed by atoms with Gasteiger partial charge in [-0.1, -0.05) is 0 Å². The number of hydrogen-bond acceptors (Lipinski definition) is 6. The van der Waals surface area contributed by atoms with E-state index in [2.05, 4.69) is 25.1 Å². The predicted octanol–water partition coefficient (Wildman–Crippen LogP) is 0.438. The second kappa shape index (κ2) is 4.47. The van der Waals surface area contributed by atoms with Crippen molar-refractivity contribution in [1.29, 1.82) is 0 Å². The summed E-state index contributed by atoms with van der Waals surface area (Å²) in [6.07, 6.45) is 2.96. The molecule has 0 unspecified atom stereocenters. The van der Waals surface area contributed by atoms with Gasteiger partial charge in [0.2, 0.25) is 5.82 Å². The molecule has 1 N–H and O–H groups in total. The highest BCUT2D eigenvalue weighted by Gasteiger charge is 2.13. The van der Waals surface area contributed by atoms with Gasteiger partial charge < -0.3 is 4.74 Å². The van der Waals surface area contributed by atoms with Crippen LogP contribution < -0.4 is 0 Å². The molecule has 2 aromatic rings. The van der Waals surface area contributed by atoms with Crippen molar-refractivity contribution in [3.8, 4) is 11.5 Å². The maximum Gasteiger partial charge on any atom is 0.375 e. The number of hydrogen-bond donors (Lipinski definition) is 1. The van der Waals surface area contributed by atoms with Crippen LogP contribution in [0.25, 0.3) is 11.5 Å². The molecule has 16 heavy (non-hydrogen) atoms. The summed E-state index contributed by atoms with van der Waals surface area (Å²) in [5.74, 6) is -0.128. The summed E-state index contributed by atoms with van der Waals surface area (Å²) in [6, 6.07) is 1.65. The van der Waals surface area contributed by atoms with Crippen molar-refractivity contribution in [3.63, 3.8) is 0 Å². The molecule has 0 spiro atoms. The number of rotatable bonds is 3. The highest BCUT2D eigenvalue weighted by molar-refractivity contribution is 5.85. The standard InChI is InChI=1S/C9H9N5O2/c1-2-16-9(15)8-12-7(13-14-8)6-3-4-10-5-11-6/h3-5H,2H2,1H3,(H,12,13,14). The first-order chi connectivity index (χ1) is 7.81. The normalized spacial score (nSPS) is 10.1. The summed E-state index contributed by atoms with van der Waals surface area (Å²) >= 11 is 0. The molecule has 0 aliphatic rings. The lowest BCUT2D eigenvalue weighted by molar-refractivity contribution is 0.0512. The largest absolute Gasteiger partial charge is 0.460 e. The van der Waals surface area contributed by atoms with E-state index in [0.29, 0.717) is 18.1 Å². The average molecular weight is 219 g/mol. The van der Waals surface area contributed by atoms with E-state index in [1.54, 1.807) is 19.2 Å². The fourth-order valence-corrected chi connectivity index (χ4v) is 1.09. The molecule has 2 rings (SSSR count). The molecule has 0 fully saturated rings. The van der Waals surface area contributed by atoms with Crippen molar-refractivity contribution in [3.05, 3.63) is 24.4 Å². The fraction of sp³-hybridized carbons (Fsp3) is 0.222. The van der Waals surface area contributed by atoms with E-state index in [1.807, 2.05) is 0 Å². The Hall–Kier alpha value is -2.31. The van der Waals surface area contributed by atoms with Crippen molar-refractivity contribution in [2.75, 3.05) is 6.61 Å². The zero-order valence-electron chi connectivity index (χ0n) is 8.54. The number of ether oxygens (including phenoxy) is 1. The maximum absolute atomic E-state index is 11.3. The molecule has 7 nitrogen and oxygen atoms in total. The van der Waals surface area contributed by atoms with E-state index in [0.717, 1.165) is 0 Å². The predicted molar refractivity (Wildman–Crippen MR) is 53.4 cm³/mol. The number of esters is 1. The summed E-state index contributed by atoms with van der Waals surface area (Å²) < 4.78 is 4.77. The first kappa shape index (κ1) is 10.2. The lowest BCUT2D eigenvalue weighted by Gasteiger charge is -1.95. The SMILES string of the molecule is CCOC(=O)c1nc(-c2ccncn2)n[nH]1. The van der Waals surface area contributed by atoms with Crippen LogP contribution in [0, 0.1) is 0 Å². The quantitative estimate of drug-likeness (QED) is 0.752. The Morgan fingerprint density at radius 3 is 3.12 bits per heavy atom. The molecule has 0 amide bonds. The van der Waals surface area contributed by atoms with E-state index in [-0.39, 0.29) is 5.82 Å². The van der Waals surface area contributed by atoms with Gasteiger partial charge in [0.15, 0.2) is 5.82 Å². The van der Waals surface area contributed by atoms with E-state index in [1.165, 1.54) is 6.33 Å². The number of carbonyl (C=O) groups is 1. The average Bonchev–Trinajstić information content (AvgIpc) is 2.80.